The van der Waals surface area contributed by atoms with Gasteiger partial charge in [0.25, 0.3) is 5.91 Å². The number of H-pyrrole nitrogens is 1. The normalized spacial score (nSPS) is 11.3. The SMILES string of the molecule is Cc1nc(-c2ccccc2C(F)(F)F)nc(NC(=O)c2ccn[nH]2)c1[N+](=O)[O-]. The van der Waals surface area contributed by atoms with Crippen molar-refractivity contribution in [3.8, 4) is 11.4 Å². The highest BCUT2D eigenvalue weighted by Crippen LogP contribution is 2.37. The van der Waals surface area contributed by atoms with Crippen LogP contribution in [0.3, 0.4) is 0 Å². The topological polar surface area (TPSA) is 127 Å². The molecular weight excluding hydrogens is 381 g/mol. The number of nitrogens with zero attached hydrogens (tertiary/aromatic N) is 4. The van der Waals surface area contributed by atoms with Gasteiger partial charge in [0.05, 0.1) is 10.5 Å². The summed E-state index contributed by atoms with van der Waals surface area (Å²) in [5.41, 5.74) is -2.21. The number of carbonyl (C=O) groups excluding carboxylic acids is 1. The fourth-order valence-corrected chi connectivity index (χ4v) is 2.48. The second-order valence-electron chi connectivity index (χ2n) is 5.55. The molecule has 0 aliphatic carbocycles. The van der Waals surface area contributed by atoms with Crippen molar-refractivity contribution in [2.45, 2.75) is 13.1 Å². The van der Waals surface area contributed by atoms with Crippen LogP contribution in [0.1, 0.15) is 21.7 Å². The number of hydrogen-bond donors (Lipinski definition) is 2. The number of amides is 1. The van der Waals surface area contributed by atoms with Gasteiger partial charge in [0, 0.05) is 11.8 Å². The van der Waals surface area contributed by atoms with Crippen molar-refractivity contribution < 1.29 is 22.9 Å². The molecule has 0 atom stereocenters. The highest BCUT2D eigenvalue weighted by atomic mass is 19.4. The van der Waals surface area contributed by atoms with E-state index in [1.807, 2.05) is 0 Å². The summed E-state index contributed by atoms with van der Waals surface area (Å²) in [5.74, 6) is -1.73. The van der Waals surface area contributed by atoms with Gasteiger partial charge in [-0.3, -0.25) is 25.3 Å². The first-order valence-electron chi connectivity index (χ1n) is 7.69. The van der Waals surface area contributed by atoms with Crippen LogP contribution in [-0.2, 0) is 6.18 Å². The molecule has 0 spiro atoms. The third-order valence-electron chi connectivity index (χ3n) is 3.69. The Morgan fingerprint density at radius 1 is 1.21 bits per heavy atom. The molecule has 2 aromatic heterocycles. The molecule has 0 fully saturated rings. The van der Waals surface area contributed by atoms with Gasteiger partial charge in [-0.1, -0.05) is 18.2 Å². The summed E-state index contributed by atoms with van der Waals surface area (Å²) in [4.78, 5) is 30.4. The first-order valence-corrected chi connectivity index (χ1v) is 7.69. The van der Waals surface area contributed by atoms with Crippen molar-refractivity contribution in [1.82, 2.24) is 20.2 Å². The molecule has 0 aliphatic rings. The van der Waals surface area contributed by atoms with Crippen LogP contribution in [0.5, 0.6) is 0 Å². The molecule has 2 N–H and O–H groups in total. The van der Waals surface area contributed by atoms with Gasteiger partial charge in [0.2, 0.25) is 5.82 Å². The molecule has 1 aromatic carbocycles. The van der Waals surface area contributed by atoms with Gasteiger partial charge in [-0.15, -0.1) is 0 Å². The summed E-state index contributed by atoms with van der Waals surface area (Å²) in [6.45, 7) is 1.24. The maximum absolute atomic E-state index is 13.3. The molecule has 144 valence electrons. The number of hydrogen-bond acceptors (Lipinski definition) is 6. The number of nitrogens with one attached hydrogen (secondary N) is 2. The van der Waals surface area contributed by atoms with E-state index in [1.165, 1.54) is 31.3 Å². The van der Waals surface area contributed by atoms with Gasteiger partial charge >= 0.3 is 11.9 Å². The lowest BCUT2D eigenvalue weighted by Gasteiger charge is -2.13. The van der Waals surface area contributed by atoms with Crippen molar-refractivity contribution in [3.63, 3.8) is 0 Å². The van der Waals surface area contributed by atoms with Crippen LogP contribution in [0.2, 0.25) is 0 Å². The number of rotatable bonds is 4. The second-order valence-corrected chi connectivity index (χ2v) is 5.55. The van der Waals surface area contributed by atoms with Crippen molar-refractivity contribution in [2.75, 3.05) is 5.32 Å². The minimum absolute atomic E-state index is 0.0113. The van der Waals surface area contributed by atoms with Crippen molar-refractivity contribution in [1.29, 1.82) is 0 Å². The van der Waals surface area contributed by atoms with E-state index in [1.54, 1.807) is 0 Å². The van der Waals surface area contributed by atoms with E-state index in [2.05, 4.69) is 25.5 Å². The molecule has 2 heterocycles. The summed E-state index contributed by atoms with van der Waals surface area (Å²) in [5, 5.41) is 19.5. The van der Waals surface area contributed by atoms with Crippen LogP contribution in [0.25, 0.3) is 11.4 Å². The number of carbonyl (C=O) groups is 1. The number of halogens is 3. The Kier molecular flexibility index (Phi) is 4.78. The third-order valence-corrected chi connectivity index (χ3v) is 3.69. The molecule has 3 rings (SSSR count). The quantitative estimate of drug-likeness (QED) is 0.518. The van der Waals surface area contributed by atoms with Crippen molar-refractivity contribution >= 4 is 17.4 Å². The molecular formula is C16H11F3N6O3. The number of aryl methyl sites for hydroxylation is 1. The molecule has 0 bridgehead atoms. The number of aromatic nitrogens is 4. The van der Waals surface area contributed by atoms with Gasteiger partial charge in [-0.2, -0.15) is 18.3 Å². The first-order chi connectivity index (χ1) is 13.2. The summed E-state index contributed by atoms with van der Waals surface area (Å²) in [6.07, 6.45) is -3.39. The average Bonchev–Trinajstić information content (AvgIpc) is 3.15. The number of alkyl halides is 3. The predicted molar refractivity (Wildman–Crippen MR) is 90.4 cm³/mol. The molecule has 0 radical (unpaired) electrons. The van der Waals surface area contributed by atoms with E-state index < -0.39 is 39.9 Å². The predicted octanol–water partition coefficient (Wildman–Crippen LogP) is 3.35. The Morgan fingerprint density at radius 3 is 2.54 bits per heavy atom. The Labute approximate surface area is 154 Å². The van der Waals surface area contributed by atoms with Gasteiger partial charge in [-0.05, 0) is 19.1 Å². The lowest BCUT2D eigenvalue weighted by atomic mass is 10.1. The molecule has 0 aliphatic heterocycles. The zero-order chi connectivity index (χ0) is 20.5. The highest BCUT2D eigenvalue weighted by molar-refractivity contribution is 6.03. The Morgan fingerprint density at radius 2 is 1.93 bits per heavy atom. The van der Waals surface area contributed by atoms with Gasteiger partial charge in [0.1, 0.15) is 11.4 Å². The highest BCUT2D eigenvalue weighted by Gasteiger charge is 2.35. The minimum atomic E-state index is -4.69. The molecule has 28 heavy (non-hydrogen) atoms. The van der Waals surface area contributed by atoms with E-state index in [-0.39, 0.29) is 17.0 Å². The van der Waals surface area contributed by atoms with Gasteiger partial charge < -0.3 is 0 Å². The van der Waals surface area contributed by atoms with Crippen LogP contribution in [0.15, 0.2) is 36.5 Å². The lowest BCUT2D eigenvalue weighted by Crippen LogP contribution is -2.17. The van der Waals surface area contributed by atoms with Crippen LogP contribution in [0, 0.1) is 17.0 Å². The molecule has 12 heteroatoms. The van der Waals surface area contributed by atoms with Crippen LogP contribution >= 0.6 is 0 Å². The minimum Gasteiger partial charge on any atom is -0.299 e. The molecule has 3 aromatic rings. The molecule has 0 unspecified atom stereocenters. The number of nitro groups is 1. The molecule has 9 nitrogen and oxygen atoms in total. The Bertz CT molecular complexity index is 1050. The van der Waals surface area contributed by atoms with Crippen molar-refractivity contribution in [3.05, 3.63) is 63.6 Å². The third kappa shape index (κ3) is 3.65. The maximum atomic E-state index is 13.3. The lowest BCUT2D eigenvalue weighted by molar-refractivity contribution is -0.385. The largest absolute Gasteiger partial charge is 0.417 e. The van der Waals surface area contributed by atoms with Gasteiger partial charge in [-0.25, -0.2) is 9.97 Å². The zero-order valence-corrected chi connectivity index (χ0v) is 14.1. The standard InChI is InChI=1S/C16H11F3N6O3/c1-8-12(25(27)28)14(23-15(26)11-6-7-20-24-11)22-13(21-8)9-4-2-3-5-10(9)16(17,18)19/h2-7H,1H3,(H,20,24)(H,21,22,23,26). The Balaban J connectivity index is 2.15. The number of anilines is 1. The second kappa shape index (κ2) is 7.06. The number of aromatic amines is 1. The van der Waals surface area contributed by atoms with Crippen molar-refractivity contribution in [2.24, 2.45) is 0 Å². The van der Waals surface area contributed by atoms with Crippen LogP contribution in [0.4, 0.5) is 24.7 Å². The summed E-state index contributed by atoms with van der Waals surface area (Å²) in [6, 6.07) is 5.86. The Hall–Kier alpha value is -3.83. The summed E-state index contributed by atoms with van der Waals surface area (Å²) < 4.78 is 39.9. The van der Waals surface area contributed by atoms with Crippen LogP contribution in [-0.4, -0.2) is 31.0 Å². The summed E-state index contributed by atoms with van der Waals surface area (Å²) >= 11 is 0. The van der Waals surface area contributed by atoms with E-state index in [0.29, 0.717) is 0 Å². The fraction of sp³-hybridized carbons (Fsp3) is 0.125. The van der Waals surface area contributed by atoms with E-state index >= 15 is 0 Å². The van der Waals surface area contributed by atoms with E-state index in [4.69, 9.17) is 0 Å². The molecule has 1 amide bonds. The van der Waals surface area contributed by atoms with Crippen LogP contribution < -0.4 is 5.32 Å². The molecule has 0 saturated carbocycles. The zero-order valence-electron chi connectivity index (χ0n) is 14.1. The molecule has 0 saturated heterocycles. The van der Waals surface area contributed by atoms with E-state index in [9.17, 15) is 28.1 Å². The smallest absolute Gasteiger partial charge is 0.299 e. The average molecular weight is 392 g/mol. The number of benzene rings is 1. The maximum Gasteiger partial charge on any atom is 0.417 e. The monoisotopic (exact) mass is 392 g/mol. The van der Waals surface area contributed by atoms with Gasteiger partial charge in [0.15, 0.2) is 5.82 Å². The first kappa shape index (κ1) is 18.9. The van der Waals surface area contributed by atoms with E-state index in [0.717, 1.165) is 12.1 Å². The fourth-order valence-electron chi connectivity index (χ4n) is 2.48. The summed E-state index contributed by atoms with van der Waals surface area (Å²) in [7, 11) is 0.